The van der Waals surface area contributed by atoms with Gasteiger partial charge in [0.2, 0.25) is 0 Å². The molecule has 17 heavy (non-hydrogen) atoms. The average molecular weight is 275 g/mol. The van der Waals surface area contributed by atoms with Crippen LogP contribution in [-0.2, 0) is 4.74 Å². The highest BCUT2D eigenvalue weighted by Crippen LogP contribution is 2.20. The molecular weight excluding hydrogens is 260 g/mol. The maximum absolute atomic E-state index is 12.3. The summed E-state index contributed by atoms with van der Waals surface area (Å²) >= 11 is 7.21. The SMILES string of the molecule is Cc1nc(C)c(C(=O)N2CCOC(CCl)C2)s1. The molecule has 6 heteroatoms. The van der Waals surface area contributed by atoms with Crippen LogP contribution >= 0.6 is 22.9 Å². The van der Waals surface area contributed by atoms with Crippen LogP contribution in [0.2, 0.25) is 0 Å². The second-order valence-corrected chi connectivity index (χ2v) is 5.56. The van der Waals surface area contributed by atoms with Gasteiger partial charge in [-0.2, -0.15) is 0 Å². The van der Waals surface area contributed by atoms with Gasteiger partial charge in [-0.1, -0.05) is 0 Å². The number of carbonyl (C=O) groups excluding carboxylic acids is 1. The summed E-state index contributed by atoms with van der Waals surface area (Å²) in [5, 5.41) is 0.924. The van der Waals surface area contributed by atoms with E-state index < -0.39 is 0 Å². The lowest BCUT2D eigenvalue weighted by Crippen LogP contribution is -2.46. The maximum Gasteiger partial charge on any atom is 0.266 e. The average Bonchev–Trinajstić information content (AvgIpc) is 2.67. The van der Waals surface area contributed by atoms with Crippen LogP contribution in [0.25, 0.3) is 0 Å². The first-order chi connectivity index (χ1) is 8.11. The minimum absolute atomic E-state index is 0.0477. The van der Waals surface area contributed by atoms with Gasteiger partial charge >= 0.3 is 0 Å². The van der Waals surface area contributed by atoms with E-state index in [1.54, 1.807) is 4.90 Å². The number of ether oxygens (including phenoxy) is 1. The summed E-state index contributed by atoms with van der Waals surface area (Å²) in [5.41, 5.74) is 0.811. The highest BCUT2D eigenvalue weighted by molar-refractivity contribution is 7.13. The van der Waals surface area contributed by atoms with Crippen molar-refractivity contribution in [2.75, 3.05) is 25.6 Å². The normalized spacial score (nSPS) is 20.6. The van der Waals surface area contributed by atoms with Crippen molar-refractivity contribution in [3.05, 3.63) is 15.6 Å². The van der Waals surface area contributed by atoms with E-state index in [1.807, 2.05) is 13.8 Å². The number of rotatable bonds is 2. The number of carbonyl (C=O) groups is 1. The summed E-state index contributed by atoms with van der Waals surface area (Å²) in [5.74, 6) is 0.469. The number of aryl methyl sites for hydroxylation is 2. The molecule has 1 aromatic rings. The molecule has 1 unspecified atom stereocenters. The molecule has 0 spiro atoms. The van der Waals surface area contributed by atoms with Crippen molar-refractivity contribution < 1.29 is 9.53 Å². The lowest BCUT2D eigenvalue weighted by Gasteiger charge is -2.31. The maximum atomic E-state index is 12.3. The molecule has 2 rings (SSSR count). The Hall–Kier alpha value is -0.650. The fourth-order valence-electron chi connectivity index (χ4n) is 1.87. The van der Waals surface area contributed by atoms with E-state index in [2.05, 4.69) is 4.98 Å². The molecule has 1 atom stereocenters. The van der Waals surface area contributed by atoms with Crippen molar-refractivity contribution in [3.63, 3.8) is 0 Å². The summed E-state index contributed by atoms with van der Waals surface area (Å²) in [6, 6.07) is 0. The Morgan fingerprint density at radius 2 is 2.41 bits per heavy atom. The van der Waals surface area contributed by atoms with Crippen LogP contribution in [0, 0.1) is 13.8 Å². The van der Waals surface area contributed by atoms with Gasteiger partial charge in [0, 0.05) is 13.1 Å². The summed E-state index contributed by atoms with van der Waals surface area (Å²) in [7, 11) is 0. The summed E-state index contributed by atoms with van der Waals surface area (Å²) in [6.07, 6.45) is -0.0521. The van der Waals surface area contributed by atoms with Gasteiger partial charge in [0.1, 0.15) is 4.88 Å². The molecule has 0 saturated carbocycles. The quantitative estimate of drug-likeness (QED) is 0.773. The summed E-state index contributed by atoms with van der Waals surface area (Å²) in [6.45, 7) is 5.53. The number of aromatic nitrogens is 1. The minimum Gasteiger partial charge on any atom is -0.373 e. The van der Waals surface area contributed by atoms with E-state index >= 15 is 0 Å². The molecular formula is C11H15ClN2O2S. The van der Waals surface area contributed by atoms with Crippen molar-refractivity contribution >= 4 is 28.8 Å². The number of halogens is 1. The van der Waals surface area contributed by atoms with Crippen LogP contribution in [0.15, 0.2) is 0 Å². The van der Waals surface area contributed by atoms with Crippen LogP contribution in [0.1, 0.15) is 20.4 Å². The third-order valence-electron chi connectivity index (χ3n) is 2.70. The molecule has 0 N–H and O–H groups in total. The molecule has 1 saturated heterocycles. The molecule has 4 nitrogen and oxygen atoms in total. The second kappa shape index (κ2) is 5.33. The Morgan fingerprint density at radius 1 is 1.65 bits per heavy atom. The van der Waals surface area contributed by atoms with E-state index in [4.69, 9.17) is 16.3 Å². The molecule has 1 aliphatic rings. The fraction of sp³-hybridized carbons (Fsp3) is 0.636. The van der Waals surface area contributed by atoms with Gasteiger partial charge in [-0.3, -0.25) is 4.79 Å². The summed E-state index contributed by atoms with van der Waals surface area (Å²) in [4.78, 5) is 19.1. The molecule has 0 aromatic carbocycles. The molecule has 1 aliphatic heterocycles. The Labute approximate surface area is 110 Å². The van der Waals surface area contributed by atoms with Crippen molar-refractivity contribution in [1.29, 1.82) is 0 Å². The zero-order valence-corrected chi connectivity index (χ0v) is 11.5. The number of hydrogen-bond donors (Lipinski definition) is 0. The van der Waals surface area contributed by atoms with Gasteiger partial charge in [-0.25, -0.2) is 4.98 Å². The van der Waals surface area contributed by atoms with Gasteiger partial charge in [0.05, 0.1) is 29.3 Å². The number of nitrogens with zero attached hydrogens (tertiary/aromatic N) is 2. The van der Waals surface area contributed by atoms with Crippen LogP contribution in [-0.4, -0.2) is 47.5 Å². The summed E-state index contributed by atoms with van der Waals surface area (Å²) < 4.78 is 5.44. The van der Waals surface area contributed by atoms with Gasteiger partial charge in [-0.15, -0.1) is 22.9 Å². The first kappa shape index (κ1) is 12.8. The number of thiazole rings is 1. The standard InChI is InChI=1S/C11H15ClN2O2S/c1-7-10(17-8(2)13-7)11(15)14-3-4-16-9(5-12)6-14/h9H,3-6H2,1-2H3. The van der Waals surface area contributed by atoms with Gasteiger partial charge < -0.3 is 9.64 Å². The first-order valence-electron chi connectivity index (χ1n) is 5.52. The van der Waals surface area contributed by atoms with Crippen molar-refractivity contribution in [2.45, 2.75) is 20.0 Å². The van der Waals surface area contributed by atoms with E-state index in [9.17, 15) is 4.79 Å². The van der Waals surface area contributed by atoms with Gasteiger partial charge in [0.15, 0.2) is 0 Å². The Bertz CT molecular complexity index is 422. The van der Waals surface area contributed by atoms with E-state index in [0.29, 0.717) is 25.6 Å². The van der Waals surface area contributed by atoms with Crippen molar-refractivity contribution in [2.24, 2.45) is 0 Å². The van der Waals surface area contributed by atoms with E-state index in [-0.39, 0.29) is 12.0 Å². The second-order valence-electron chi connectivity index (χ2n) is 4.05. The minimum atomic E-state index is -0.0521. The molecule has 94 valence electrons. The number of amides is 1. The lowest BCUT2D eigenvalue weighted by atomic mass is 10.2. The monoisotopic (exact) mass is 274 g/mol. The molecule has 2 heterocycles. The molecule has 1 amide bonds. The third-order valence-corrected chi connectivity index (χ3v) is 4.10. The molecule has 0 bridgehead atoms. The Morgan fingerprint density at radius 3 is 3.00 bits per heavy atom. The van der Waals surface area contributed by atoms with Crippen LogP contribution in [0.4, 0.5) is 0 Å². The topological polar surface area (TPSA) is 42.4 Å². The van der Waals surface area contributed by atoms with Crippen LogP contribution < -0.4 is 0 Å². The molecule has 0 aliphatic carbocycles. The number of hydrogen-bond acceptors (Lipinski definition) is 4. The van der Waals surface area contributed by atoms with Crippen LogP contribution in [0.5, 0.6) is 0 Å². The van der Waals surface area contributed by atoms with E-state index in [1.165, 1.54) is 11.3 Å². The molecule has 1 aromatic heterocycles. The third kappa shape index (κ3) is 2.78. The number of alkyl halides is 1. The van der Waals surface area contributed by atoms with Gasteiger partial charge in [0.25, 0.3) is 5.91 Å². The Kier molecular flexibility index (Phi) is 4.01. The zero-order valence-electron chi connectivity index (χ0n) is 9.90. The predicted molar refractivity (Wildman–Crippen MR) is 68.0 cm³/mol. The highest BCUT2D eigenvalue weighted by atomic mass is 35.5. The smallest absolute Gasteiger partial charge is 0.266 e. The molecule has 1 fully saturated rings. The van der Waals surface area contributed by atoms with Crippen LogP contribution in [0.3, 0.4) is 0 Å². The van der Waals surface area contributed by atoms with Gasteiger partial charge in [-0.05, 0) is 13.8 Å². The lowest BCUT2D eigenvalue weighted by molar-refractivity contribution is -0.0106. The zero-order chi connectivity index (χ0) is 12.4. The molecule has 0 radical (unpaired) electrons. The van der Waals surface area contributed by atoms with E-state index in [0.717, 1.165) is 15.6 Å². The number of morpholine rings is 1. The van der Waals surface area contributed by atoms with Crippen molar-refractivity contribution in [3.8, 4) is 0 Å². The highest BCUT2D eigenvalue weighted by Gasteiger charge is 2.26. The first-order valence-corrected chi connectivity index (χ1v) is 6.87. The Balaban J connectivity index is 2.12. The fourth-order valence-corrected chi connectivity index (χ4v) is 2.94. The largest absolute Gasteiger partial charge is 0.373 e. The van der Waals surface area contributed by atoms with Crippen molar-refractivity contribution in [1.82, 2.24) is 9.88 Å². The predicted octanol–water partition coefficient (Wildman–Crippen LogP) is 1.84.